The van der Waals surface area contributed by atoms with Gasteiger partial charge in [-0.2, -0.15) is 0 Å². The predicted molar refractivity (Wildman–Crippen MR) is 159 cm³/mol. The normalized spacial score (nSPS) is 16.1. The number of carbonyl (C=O) groups excluding carboxylic acids is 1. The molecule has 1 amide bonds. The van der Waals surface area contributed by atoms with Crippen LogP contribution in [-0.2, 0) is 6.54 Å². The Morgan fingerprint density at radius 3 is 2.75 bits per heavy atom. The van der Waals surface area contributed by atoms with Gasteiger partial charge in [0.05, 0.1) is 23.5 Å². The number of nitrogens with one attached hydrogen (secondary N) is 2. The van der Waals surface area contributed by atoms with Crippen LogP contribution in [0.2, 0.25) is 0 Å². The lowest BCUT2D eigenvalue weighted by Crippen LogP contribution is -2.27. The summed E-state index contributed by atoms with van der Waals surface area (Å²) < 4.78 is 15.6. The van der Waals surface area contributed by atoms with Gasteiger partial charge in [-0.1, -0.05) is 23.7 Å². The molecular weight excluding hydrogens is 529 g/mol. The van der Waals surface area contributed by atoms with Gasteiger partial charge in [-0.25, -0.2) is 14.4 Å². The van der Waals surface area contributed by atoms with Crippen molar-refractivity contribution in [3.63, 3.8) is 0 Å². The molecule has 40 heavy (non-hydrogen) atoms. The third-order valence-electron chi connectivity index (χ3n) is 7.11. The number of rotatable bonds is 9. The average molecular weight is 560 g/mol. The number of primary amides is 1. The lowest BCUT2D eigenvalue weighted by molar-refractivity contribution is 0.100. The van der Waals surface area contributed by atoms with E-state index in [1.54, 1.807) is 36.5 Å². The van der Waals surface area contributed by atoms with E-state index in [1.165, 1.54) is 6.07 Å². The van der Waals surface area contributed by atoms with E-state index in [1.807, 2.05) is 32.3 Å². The lowest BCUT2D eigenvalue weighted by Gasteiger charge is -2.28. The minimum absolute atomic E-state index is 0.280. The maximum atomic E-state index is 15.6. The number of nitrogens with two attached hydrogens (primary N) is 1. The number of aliphatic imine (C=N–C) groups is 1. The van der Waals surface area contributed by atoms with Gasteiger partial charge in [0.15, 0.2) is 0 Å². The van der Waals surface area contributed by atoms with Gasteiger partial charge in [0.25, 0.3) is 0 Å². The van der Waals surface area contributed by atoms with Gasteiger partial charge in [-0.15, -0.1) is 0 Å². The molecule has 0 spiro atoms. The van der Waals surface area contributed by atoms with E-state index in [9.17, 15) is 4.79 Å². The van der Waals surface area contributed by atoms with Crippen LogP contribution in [0, 0.1) is 11.7 Å². The number of amides is 1. The first-order valence-corrected chi connectivity index (χ1v) is 13.5. The molecule has 4 N–H and O–H groups in total. The quantitative estimate of drug-likeness (QED) is 0.317. The first kappa shape index (κ1) is 27.5. The number of hydrogen-bond donors (Lipinski definition) is 3. The summed E-state index contributed by atoms with van der Waals surface area (Å²) in [5.74, 6) is -0.698. The molecule has 0 bridgehead atoms. The highest BCUT2D eigenvalue weighted by Crippen LogP contribution is 2.41. The number of carbonyl (C=O) groups is 1. The van der Waals surface area contributed by atoms with E-state index in [-0.39, 0.29) is 11.7 Å². The Kier molecular flexibility index (Phi) is 8.23. The minimum atomic E-state index is -0.493. The van der Waals surface area contributed by atoms with Gasteiger partial charge < -0.3 is 21.3 Å². The van der Waals surface area contributed by atoms with Gasteiger partial charge in [-0.3, -0.25) is 9.79 Å². The van der Waals surface area contributed by atoms with E-state index in [2.05, 4.69) is 20.5 Å². The SMILES string of the molecule is CNCCCN(C)c1cccc(F)c1C1=NCc2cnc(Nc3ccc(C(N)=O)cc3)nc2C2=CC=C(Cl)CC21. The molecule has 0 radical (unpaired) electrons. The highest BCUT2D eigenvalue weighted by molar-refractivity contribution is 6.30. The topological polar surface area (TPSA) is 109 Å². The predicted octanol–water partition coefficient (Wildman–Crippen LogP) is 5.03. The molecule has 0 saturated heterocycles. The van der Waals surface area contributed by atoms with Crippen LogP contribution in [0.3, 0.4) is 0 Å². The van der Waals surface area contributed by atoms with Crippen molar-refractivity contribution in [2.24, 2.45) is 16.6 Å². The molecule has 0 saturated carbocycles. The first-order valence-electron chi connectivity index (χ1n) is 13.1. The summed E-state index contributed by atoms with van der Waals surface area (Å²) in [6, 6.07) is 11.9. The number of nitrogens with zero attached hydrogens (tertiary/aromatic N) is 4. The summed E-state index contributed by atoms with van der Waals surface area (Å²) in [7, 11) is 3.90. The average Bonchev–Trinajstić information content (AvgIpc) is 3.09. The Hall–Kier alpha value is -4.08. The van der Waals surface area contributed by atoms with Crippen molar-refractivity contribution in [1.29, 1.82) is 0 Å². The molecule has 1 aliphatic heterocycles. The highest BCUT2D eigenvalue weighted by Gasteiger charge is 2.33. The van der Waals surface area contributed by atoms with Crippen LogP contribution in [-0.4, -0.2) is 48.8 Å². The van der Waals surface area contributed by atoms with Crippen LogP contribution in [0.15, 0.2) is 70.8 Å². The first-order chi connectivity index (χ1) is 19.4. The lowest BCUT2D eigenvalue weighted by atomic mass is 9.82. The zero-order valence-electron chi connectivity index (χ0n) is 22.4. The van der Waals surface area contributed by atoms with Crippen LogP contribution in [0.5, 0.6) is 0 Å². The van der Waals surface area contributed by atoms with Crippen molar-refractivity contribution < 1.29 is 9.18 Å². The minimum Gasteiger partial charge on any atom is -0.374 e. The zero-order chi connectivity index (χ0) is 28.2. The van der Waals surface area contributed by atoms with Crippen LogP contribution in [0.4, 0.5) is 21.7 Å². The van der Waals surface area contributed by atoms with E-state index >= 15 is 4.39 Å². The molecular formula is C30H31ClFN7O. The van der Waals surface area contributed by atoms with E-state index < -0.39 is 5.91 Å². The molecule has 10 heteroatoms. The number of allylic oxidation sites excluding steroid dienone is 4. The second-order valence-corrected chi connectivity index (χ2v) is 10.3. The van der Waals surface area contributed by atoms with Crippen LogP contribution in [0.1, 0.15) is 40.0 Å². The molecule has 1 aliphatic carbocycles. The molecule has 1 atom stereocenters. The van der Waals surface area contributed by atoms with E-state index in [0.29, 0.717) is 46.5 Å². The molecule has 2 aliphatic rings. The standard InChI is InChI=1S/C30H31ClFN7O/c1-34-13-4-14-39(2)25-6-3-5-24(32)26(25)28-23-15-20(31)9-12-22(23)27-19(16-35-28)17-36-30(38-27)37-21-10-7-18(8-11-21)29(33)40/h3,5-12,17,23,34H,4,13-16H2,1-2H3,(H2,33,40)(H,36,37,38). The van der Waals surface area contributed by atoms with Crippen molar-refractivity contribution in [3.8, 4) is 0 Å². The van der Waals surface area contributed by atoms with E-state index in [4.69, 9.17) is 27.3 Å². The molecule has 1 unspecified atom stereocenters. The van der Waals surface area contributed by atoms with E-state index in [0.717, 1.165) is 42.0 Å². The largest absolute Gasteiger partial charge is 0.374 e. The summed E-state index contributed by atoms with van der Waals surface area (Å²) >= 11 is 6.54. The molecule has 5 rings (SSSR count). The summed E-state index contributed by atoms with van der Waals surface area (Å²) in [5, 5.41) is 7.03. The fourth-order valence-corrected chi connectivity index (χ4v) is 5.29. The second kappa shape index (κ2) is 12.0. The monoisotopic (exact) mass is 559 g/mol. The van der Waals surface area contributed by atoms with Crippen molar-refractivity contribution in [2.45, 2.75) is 19.4 Å². The van der Waals surface area contributed by atoms with Crippen LogP contribution in [0.25, 0.3) is 5.57 Å². The van der Waals surface area contributed by atoms with Crippen molar-refractivity contribution in [2.75, 3.05) is 37.4 Å². The molecule has 0 fully saturated rings. The number of benzene rings is 2. The van der Waals surface area contributed by atoms with Crippen molar-refractivity contribution >= 4 is 46.1 Å². The Bertz CT molecular complexity index is 1520. The van der Waals surface area contributed by atoms with Gasteiger partial charge in [0.1, 0.15) is 5.82 Å². The molecule has 2 aromatic carbocycles. The van der Waals surface area contributed by atoms with Crippen molar-refractivity contribution in [3.05, 3.63) is 94.0 Å². The Morgan fingerprint density at radius 2 is 2.00 bits per heavy atom. The molecule has 1 aromatic heterocycles. The zero-order valence-corrected chi connectivity index (χ0v) is 23.2. The third kappa shape index (κ3) is 5.76. The van der Waals surface area contributed by atoms with Crippen LogP contribution < -0.4 is 21.3 Å². The number of halogens is 2. The maximum Gasteiger partial charge on any atom is 0.248 e. The maximum absolute atomic E-state index is 15.6. The number of fused-ring (bicyclic) bond motifs is 3. The van der Waals surface area contributed by atoms with Gasteiger partial charge in [0, 0.05) is 53.2 Å². The summed E-state index contributed by atoms with van der Waals surface area (Å²) in [6.45, 7) is 1.94. The Morgan fingerprint density at radius 1 is 1.20 bits per heavy atom. The number of hydrogen-bond acceptors (Lipinski definition) is 7. The van der Waals surface area contributed by atoms with Crippen molar-refractivity contribution in [1.82, 2.24) is 15.3 Å². The number of aromatic nitrogens is 2. The fourth-order valence-electron chi connectivity index (χ4n) is 5.07. The van der Waals surface area contributed by atoms with Gasteiger partial charge in [0.2, 0.25) is 11.9 Å². The summed E-state index contributed by atoms with van der Waals surface area (Å²) in [6.07, 6.45) is 6.97. The fraction of sp³-hybridized carbons (Fsp3) is 0.267. The Labute approximate surface area is 237 Å². The molecule has 2 heterocycles. The highest BCUT2D eigenvalue weighted by atomic mass is 35.5. The van der Waals surface area contributed by atoms with Gasteiger partial charge >= 0.3 is 0 Å². The molecule has 8 nitrogen and oxygen atoms in total. The number of anilines is 3. The smallest absolute Gasteiger partial charge is 0.248 e. The van der Waals surface area contributed by atoms with Crippen LogP contribution >= 0.6 is 11.6 Å². The van der Waals surface area contributed by atoms with Gasteiger partial charge in [-0.05, 0) is 74.5 Å². The Balaban J connectivity index is 1.51. The summed E-state index contributed by atoms with van der Waals surface area (Å²) in [4.78, 5) is 27.8. The molecule has 206 valence electrons. The third-order valence-corrected chi connectivity index (χ3v) is 7.39. The second-order valence-electron chi connectivity index (χ2n) is 9.84. The summed E-state index contributed by atoms with van der Waals surface area (Å²) in [5.41, 5.74) is 10.9. The molecule has 3 aromatic rings.